The monoisotopic (exact) mass is 375 g/mol. The van der Waals surface area contributed by atoms with Crippen molar-refractivity contribution in [1.29, 1.82) is 0 Å². The van der Waals surface area contributed by atoms with E-state index in [2.05, 4.69) is 11.8 Å². The molecule has 0 bridgehead atoms. The molecule has 1 amide bonds. The number of fused-ring (bicyclic) bond motifs is 1. The Hall–Kier alpha value is -2.82. The molecule has 0 radical (unpaired) electrons. The van der Waals surface area contributed by atoms with Crippen molar-refractivity contribution in [2.75, 3.05) is 5.06 Å². The lowest BCUT2D eigenvalue weighted by atomic mass is 10.1. The zero-order valence-corrected chi connectivity index (χ0v) is 14.1. The molecule has 0 aliphatic carbocycles. The van der Waals surface area contributed by atoms with Crippen LogP contribution in [-0.2, 0) is 11.0 Å². The summed E-state index contributed by atoms with van der Waals surface area (Å²) in [4.78, 5) is 12.1. The molecule has 0 saturated carbocycles. The molecule has 1 aromatic heterocycles. The molecule has 0 unspecified atom stereocenters. The normalized spacial score (nSPS) is 11.1. The molecule has 7 heteroatoms. The summed E-state index contributed by atoms with van der Waals surface area (Å²) in [5, 5.41) is 10.3. The summed E-state index contributed by atoms with van der Waals surface area (Å²) in [6, 6.07) is 13.9. The van der Waals surface area contributed by atoms with Crippen molar-refractivity contribution in [1.82, 2.24) is 0 Å². The van der Waals surface area contributed by atoms with Gasteiger partial charge in [-0.15, -0.1) is 11.3 Å². The molecular formula is C19H12F3NO2S. The van der Waals surface area contributed by atoms with Crippen molar-refractivity contribution in [3.05, 3.63) is 65.7 Å². The molecule has 0 fully saturated rings. The zero-order valence-electron chi connectivity index (χ0n) is 13.2. The predicted molar refractivity (Wildman–Crippen MR) is 94.0 cm³/mol. The largest absolute Gasteiger partial charge is 0.417 e. The van der Waals surface area contributed by atoms with Crippen LogP contribution in [0.4, 0.5) is 18.2 Å². The first-order valence-corrected chi connectivity index (χ1v) is 8.33. The Morgan fingerprint density at radius 2 is 1.85 bits per heavy atom. The second-order valence-electron chi connectivity index (χ2n) is 5.35. The van der Waals surface area contributed by atoms with Crippen LogP contribution in [0.3, 0.4) is 0 Å². The highest BCUT2D eigenvalue weighted by atomic mass is 32.1. The number of halogens is 3. The maximum atomic E-state index is 13.1. The average Bonchev–Trinajstić information content (AvgIpc) is 3.05. The van der Waals surface area contributed by atoms with E-state index < -0.39 is 17.6 Å². The SMILES string of the molecule is O=C(CC#Cc1ccccc1)N(O)c1cc2c(C(F)(F)F)cccc2s1. The Morgan fingerprint density at radius 3 is 2.54 bits per heavy atom. The Kier molecular flexibility index (Phi) is 4.98. The van der Waals surface area contributed by atoms with Gasteiger partial charge in [-0.25, -0.2) is 0 Å². The fourth-order valence-electron chi connectivity index (χ4n) is 2.34. The van der Waals surface area contributed by atoms with Crippen LogP contribution in [0.15, 0.2) is 54.6 Å². The topological polar surface area (TPSA) is 40.5 Å². The zero-order chi connectivity index (χ0) is 18.7. The number of amides is 1. The van der Waals surface area contributed by atoms with Gasteiger partial charge in [-0.05, 0) is 30.3 Å². The standard InChI is InChI=1S/C19H12F3NO2S/c20-19(21,22)15-9-5-10-16-14(15)12-18(26-16)23(25)17(24)11-4-8-13-6-2-1-3-7-13/h1-3,5-7,9-10,12,25H,11H2. The third kappa shape index (κ3) is 3.87. The van der Waals surface area contributed by atoms with E-state index in [0.717, 1.165) is 29.0 Å². The van der Waals surface area contributed by atoms with Crippen LogP contribution in [0, 0.1) is 11.8 Å². The van der Waals surface area contributed by atoms with E-state index in [1.165, 1.54) is 12.1 Å². The number of carbonyl (C=O) groups is 1. The molecule has 1 heterocycles. The van der Waals surface area contributed by atoms with Crippen LogP contribution in [0.2, 0.25) is 0 Å². The van der Waals surface area contributed by atoms with E-state index in [-0.39, 0.29) is 16.8 Å². The van der Waals surface area contributed by atoms with Crippen molar-refractivity contribution in [2.45, 2.75) is 12.6 Å². The van der Waals surface area contributed by atoms with Gasteiger partial charge in [-0.2, -0.15) is 18.2 Å². The van der Waals surface area contributed by atoms with Crippen molar-refractivity contribution in [2.24, 2.45) is 0 Å². The first kappa shape index (κ1) is 18.0. The molecule has 0 saturated heterocycles. The van der Waals surface area contributed by atoms with Crippen molar-refractivity contribution < 1.29 is 23.2 Å². The number of rotatable bonds is 2. The molecular weight excluding hydrogens is 363 g/mol. The van der Waals surface area contributed by atoms with E-state index >= 15 is 0 Å². The fraction of sp³-hybridized carbons (Fsp3) is 0.105. The first-order valence-electron chi connectivity index (χ1n) is 7.52. The number of hydrogen-bond donors (Lipinski definition) is 1. The molecule has 26 heavy (non-hydrogen) atoms. The Bertz CT molecular complexity index is 1000. The summed E-state index contributed by atoms with van der Waals surface area (Å²) in [5.41, 5.74) is -0.0799. The van der Waals surface area contributed by atoms with Gasteiger partial charge < -0.3 is 0 Å². The molecule has 0 atom stereocenters. The van der Waals surface area contributed by atoms with E-state index in [4.69, 9.17) is 0 Å². The maximum Gasteiger partial charge on any atom is 0.417 e. The van der Waals surface area contributed by atoms with Crippen LogP contribution >= 0.6 is 11.3 Å². The Morgan fingerprint density at radius 1 is 1.12 bits per heavy atom. The number of carbonyl (C=O) groups excluding carboxylic acids is 1. The first-order chi connectivity index (χ1) is 12.4. The summed E-state index contributed by atoms with van der Waals surface area (Å²) < 4.78 is 39.5. The third-order valence-corrected chi connectivity index (χ3v) is 4.62. The van der Waals surface area contributed by atoms with Crippen molar-refractivity contribution in [3.8, 4) is 11.8 Å². The molecule has 1 N–H and O–H groups in total. The van der Waals surface area contributed by atoms with Crippen LogP contribution in [0.25, 0.3) is 10.1 Å². The molecule has 0 aliphatic rings. The van der Waals surface area contributed by atoms with E-state index in [9.17, 15) is 23.2 Å². The van der Waals surface area contributed by atoms with E-state index in [1.807, 2.05) is 6.07 Å². The van der Waals surface area contributed by atoms with E-state index in [0.29, 0.717) is 9.76 Å². The molecule has 0 aliphatic heterocycles. The van der Waals surface area contributed by atoms with Gasteiger partial charge in [-0.3, -0.25) is 10.0 Å². The van der Waals surface area contributed by atoms with Crippen LogP contribution in [-0.4, -0.2) is 11.1 Å². The van der Waals surface area contributed by atoms with Crippen molar-refractivity contribution >= 4 is 32.3 Å². The van der Waals surface area contributed by atoms with Gasteiger partial charge >= 0.3 is 6.18 Å². The van der Waals surface area contributed by atoms with E-state index in [1.54, 1.807) is 24.3 Å². The lowest BCUT2D eigenvalue weighted by Gasteiger charge is -2.10. The second kappa shape index (κ2) is 7.20. The highest BCUT2D eigenvalue weighted by Gasteiger charge is 2.33. The van der Waals surface area contributed by atoms with Crippen LogP contribution in [0.1, 0.15) is 17.5 Å². The van der Waals surface area contributed by atoms with Gasteiger partial charge in [0.2, 0.25) is 0 Å². The number of hydroxylamine groups is 1. The fourth-order valence-corrected chi connectivity index (χ4v) is 3.36. The lowest BCUT2D eigenvalue weighted by molar-refractivity contribution is -0.136. The molecule has 2 aromatic carbocycles. The predicted octanol–water partition coefficient (Wildman–Crippen LogP) is 5.08. The number of thiophene rings is 1. The van der Waals surface area contributed by atoms with Gasteiger partial charge in [0.15, 0.2) is 0 Å². The Labute approximate surface area is 151 Å². The molecule has 3 aromatic rings. The van der Waals surface area contributed by atoms with Gasteiger partial charge in [0, 0.05) is 15.6 Å². The van der Waals surface area contributed by atoms with Crippen LogP contribution in [0.5, 0.6) is 0 Å². The smallest absolute Gasteiger partial charge is 0.280 e. The molecule has 0 spiro atoms. The van der Waals surface area contributed by atoms with Gasteiger partial charge in [0.25, 0.3) is 5.91 Å². The van der Waals surface area contributed by atoms with Gasteiger partial charge in [0.1, 0.15) is 5.00 Å². The number of alkyl halides is 3. The number of nitrogens with zero attached hydrogens (tertiary/aromatic N) is 1. The third-order valence-electron chi connectivity index (χ3n) is 3.54. The summed E-state index contributed by atoms with van der Waals surface area (Å²) in [7, 11) is 0. The molecule has 3 rings (SSSR count). The minimum atomic E-state index is -4.51. The summed E-state index contributed by atoms with van der Waals surface area (Å²) in [5.74, 6) is 4.71. The summed E-state index contributed by atoms with van der Waals surface area (Å²) in [6.07, 6.45) is -4.77. The van der Waals surface area contributed by atoms with Gasteiger partial charge in [0.05, 0.1) is 12.0 Å². The number of hydrogen-bond acceptors (Lipinski definition) is 3. The summed E-state index contributed by atoms with van der Waals surface area (Å²) >= 11 is 0.901. The second-order valence-corrected chi connectivity index (χ2v) is 6.41. The minimum Gasteiger partial charge on any atom is -0.280 e. The number of anilines is 1. The van der Waals surface area contributed by atoms with Crippen LogP contribution < -0.4 is 5.06 Å². The maximum absolute atomic E-state index is 13.1. The highest BCUT2D eigenvalue weighted by Crippen LogP contribution is 2.40. The minimum absolute atomic E-state index is 0.0169. The molecule has 3 nitrogen and oxygen atoms in total. The Balaban J connectivity index is 1.80. The number of benzene rings is 2. The average molecular weight is 375 g/mol. The highest BCUT2D eigenvalue weighted by molar-refractivity contribution is 7.23. The van der Waals surface area contributed by atoms with Crippen molar-refractivity contribution in [3.63, 3.8) is 0 Å². The lowest BCUT2D eigenvalue weighted by Crippen LogP contribution is -2.25. The summed E-state index contributed by atoms with van der Waals surface area (Å²) in [6.45, 7) is 0. The van der Waals surface area contributed by atoms with Gasteiger partial charge in [-0.1, -0.05) is 36.1 Å². The molecule has 132 valence electrons. The quantitative estimate of drug-likeness (QED) is 0.385.